The van der Waals surface area contributed by atoms with Crippen LogP contribution in [0.4, 0.5) is 13.2 Å². The fraction of sp³-hybridized carbons (Fsp3) is 0.526. The van der Waals surface area contributed by atoms with E-state index in [1.54, 1.807) is 0 Å². The Morgan fingerprint density at radius 3 is 2.30 bits per heavy atom. The number of benzene rings is 1. The highest BCUT2D eigenvalue weighted by Crippen LogP contribution is 2.27. The van der Waals surface area contributed by atoms with Crippen molar-refractivity contribution >= 4 is 27.7 Å². The lowest BCUT2D eigenvalue weighted by atomic mass is 9.93. The molecule has 10 nitrogen and oxygen atoms in total. The van der Waals surface area contributed by atoms with E-state index in [9.17, 15) is 31.2 Å². The van der Waals surface area contributed by atoms with E-state index in [2.05, 4.69) is 14.7 Å². The standard InChI is InChI=1S/C19H23F3N2O8S/c1-29-18(26)15(23-17(25)16(24-30-2)13-7-9-31-10-8-13)11-12-3-5-14(6-4-12)32-33(27,28)19(20,21)22/h3-6,13,15H,7-11H2,1-2H3,(H,23,25)/t15-/m0/s1. The highest BCUT2D eigenvalue weighted by Gasteiger charge is 2.48. The van der Waals surface area contributed by atoms with Crippen LogP contribution < -0.4 is 9.50 Å². The third kappa shape index (κ3) is 7.32. The first kappa shape index (κ1) is 26.4. The molecule has 0 bridgehead atoms. The first-order valence-corrected chi connectivity index (χ1v) is 11.1. The molecule has 1 amide bonds. The van der Waals surface area contributed by atoms with E-state index < -0.39 is 39.3 Å². The number of methoxy groups -OCH3 is 1. The summed E-state index contributed by atoms with van der Waals surface area (Å²) in [7, 11) is -3.40. The van der Waals surface area contributed by atoms with Gasteiger partial charge in [0.05, 0.1) is 7.11 Å². The predicted octanol–water partition coefficient (Wildman–Crippen LogP) is 1.54. The van der Waals surface area contributed by atoms with Gasteiger partial charge in [-0.15, -0.1) is 0 Å². The van der Waals surface area contributed by atoms with Crippen molar-refractivity contribution in [1.82, 2.24) is 5.32 Å². The highest BCUT2D eigenvalue weighted by atomic mass is 32.2. The number of amides is 1. The molecule has 0 unspecified atom stereocenters. The van der Waals surface area contributed by atoms with Crippen LogP contribution in [0.5, 0.6) is 5.75 Å². The summed E-state index contributed by atoms with van der Waals surface area (Å²) in [6.07, 6.45) is 0.986. The summed E-state index contributed by atoms with van der Waals surface area (Å²) in [5.41, 5.74) is -5.09. The minimum Gasteiger partial charge on any atom is -0.467 e. The van der Waals surface area contributed by atoms with E-state index in [4.69, 9.17) is 14.3 Å². The number of alkyl halides is 3. The second-order valence-corrected chi connectivity index (χ2v) is 8.46. The second kappa shape index (κ2) is 11.3. The van der Waals surface area contributed by atoms with Gasteiger partial charge >= 0.3 is 21.6 Å². The topological polar surface area (TPSA) is 130 Å². The number of esters is 1. The van der Waals surface area contributed by atoms with Gasteiger partial charge in [0.15, 0.2) is 0 Å². The first-order chi connectivity index (χ1) is 15.5. The molecule has 1 aliphatic rings. The summed E-state index contributed by atoms with van der Waals surface area (Å²) in [4.78, 5) is 29.8. The Hall–Kier alpha value is -2.87. The maximum absolute atomic E-state index is 12.8. The molecule has 0 aromatic heterocycles. The minimum absolute atomic E-state index is 0.0933. The van der Waals surface area contributed by atoms with Crippen molar-refractivity contribution < 1.29 is 49.7 Å². The normalized spacial score (nSPS) is 16.6. The average Bonchev–Trinajstić information content (AvgIpc) is 2.77. The summed E-state index contributed by atoms with van der Waals surface area (Å²) < 4.78 is 73.5. The molecule has 1 saturated heterocycles. The van der Waals surface area contributed by atoms with Gasteiger partial charge in [-0.05, 0) is 30.5 Å². The summed E-state index contributed by atoms with van der Waals surface area (Å²) in [5, 5.41) is 6.32. The van der Waals surface area contributed by atoms with E-state index >= 15 is 0 Å². The molecule has 0 aliphatic carbocycles. The SMILES string of the molecule is CON=C(C(=O)N[C@@H](Cc1ccc(OS(=O)(=O)C(F)(F)F)cc1)C(=O)OC)C1CCOCC1. The molecule has 33 heavy (non-hydrogen) atoms. The molecule has 184 valence electrons. The molecular weight excluding hydrogens is 473 g/mol. The molecule has 2 rings (SSSR count). The molecule has 1 heterocycles. The Kier molecular flexibility index (Phi) is 9.05. The van der Waals surface area contributed by atoms with Crippen LogP contribution in [-0.4, -0.2) is 65.0 Å². The van der Waals surface area contributed by atoms with Crippen molar-refractivity contribution in [3.05, 3.63) is 29.8 Å². The fourth-order valence-corrected chi connectivity index (χ4v) is 3.49. The lowest BCUT2D eigenvalue weighted by Crippen LogP contribution is -2.47. The van der Waals surface area contributed by atoms with Crippen LogP contribution in [0.1, 0.15) is 18.4 Å². The van der Waals surface area contributed by atoms with Crippen molar-refractivity contribution in [2.75, 3.05) is 27.4 Å². The van der Waals surface area contributed by atoms with E-state index in [0.29, 0.717) is 31.6 Å². The molecule has 1 aliphatic heterocycles. The monoisotopic (exact) mass is 496 g/mol. The number of ether oxygens (including phenoxy) is 2. The van der Waals surface area contributed by atoms with Crippen molar-refractivity contribution in [3.8, 4) is 5.75 Å². The molecule has 1 aromatic carbocycles. The van der Waals surface area contributed by atoms with Crippen LogP contribution in [-0.2, 0) is 40.4 Å². The van der Waals surface area contributed by atoms with Crippen LogP contribution in [0.2, 0.25) is 0 Å². The molecule has 1 aromatic rings. The summed E-state index contributed by atoms with van der Waals surface area (Å²) >= 11 is 0. The zero-order valence-electron chi connectivity index (χ0n) is 17.8. The number of carbonyl (C=O) groups excluding carboxylic acids is 2. The number of oxime groups is 1. The van der Waals surface area contributed by atoms with Crippen molar-refractivity contribution in [1.29, 1.82) is 0 Å². The van der Waals surface area contributed by atoms with Crippen molar-refractivity contribution in [2.24, 2.45) is 11.1 Å². The summed E-state index contributed by atoms with van der Waals surface area (Å²) in [6.45, 7) is 0.888. The lowest BCUT2D eigenvalue weighted by molar-refractivity contribution is -0.144. The van der Waals surface area contributed by atoms with E-state index in [1.807, 2.05) is 0 Å². The van der Waals surface area contributed by atoms with Gasteiger partial charge in [0, 0.05) is 25.6 Å². The van der Waals surface area contributed by atoms with Gasteiger partial charge in [0.2, 0.25) is 0 Å². The van der Waals surface area contributed by atoms with Crippen LogP contribution in [0.25, 0.3) is 0 Å². The number of carbonyl (C=O) groups is 2. The number of rotatable bonds is 9. The average molecular weight is 496 g/mol. The smallest absolute Gasteiger partial charge is 0.467 e. The van der Waals surface area contributed by atoms with Crippen molar-refractivity contribution in [3.63, 3.8) is 0 Å². The molecular formula is C19H23F3N2O8S. The summed E-state index contributed by atoms with van der Waals surface area (Å²) in [6, 6.07) is 3.34. The Bertz CT molecular complexity index is 958. The van der Waals surface area contributed by atoms with Gasteiger partial charge in [-0.3, -0.25) is 4.79 Å². The van der Waals surface area contributed by atoms with Gasteiger partial charge in [-0.2, -0.15) is 21.6 Å². The molecule has 0 radical (unpaired) electrons. The van der Waals surface area contributed by atoms with Gasteiger partial charge < -0.3 is 23.8 Å². The maximum Gasteiger partial charge on any atom is 0.534 e. The lowest BCUT2D eigenvalue weighted by Gasteiger charge is -2.24. The van der Waals surface area contributed by atoms with Crippen LogP contribution in [0.15, 0.2) is 29.4 Å². The molecule has 0 spiro atoms. The second-order valence-electron chi connectivity index (χ2n) is 6.93. The summed E-state index contributed by atoms with van der Waals surface area (Å²) in [5.74, 6) is -2.21. The zero-order chi connectivity index (χ0) is 24.6. The van der Waals surface area contributed by atoms with E-state index in [0.717, 1.165) is 19.2 Å². The highest BCUT2D eigenvalue weighted by molar-refractivity contribution is 7.88. The van der Waals surface area contributed by atoms with Crippen LogP contribution >= 0.6 is 0 Å². The zero-order valence-corrected chi connectivity index (χ0v) is 18.6. The molecule has 0 saturated carbocycles. The minimum atomic E-state index is -5.81. The van der Waals surface area contributed by atoms with Gasteiger partial charge in [0.1, 0.15) is 24.6 Å². The van der Waals surface area contributed by atoms with Gasteiger partial charge in [-0.25, -0.2) is 4.79 Å². The first-order valence-electron chi connectivity index (χ1n) is 9.65. The molecule has 1 N–H and O–H groups in total. The number of nitrogens with zero attached hydrogens (tertiary/aromatic N) is 1. The molecule has 1 fully saturated rings. The quantitative estimate of drug-likeness (QED) is 0.179. The van der Waals surface area contributed by atoms with E-state index in [1.165, 1.54) is 19.2 Å². The number of halogens is 3. The van der Waals surface area contributed by atoms with Gasteiger partial charge in [0.25, 0.3) is 5.91 Å². The third-order valence-electron chi connectivity index (χ3n) is 4.67. The van der Waals surface area contributed by atoms with Crippen LogP contribution in [0.3, 0.4) is 0 Å². The predicted molar refractivity (Wildman–Crippen MR) is 108 cm³/mol. The number of nitrogens with one attached hydrogen (secondary N) is 1. The molecule has 1 atom stereocenters. The van der Waals surface area contributed by atoms with Crippen LogP contribution in [0, 0.1) is 5.92 Å². The Morgan fingerprint density at radius 2 is 1.79 bits per heavy atom. The maximum atomic E-state index is 12.8. The fourth-order valence-electron chi connectivity index (χ4n) is 3.03. The number of hydrogen-bond acceptors (Lipinski definition) is 9. The number of hydrogen-bond donors (Lipinski definition) is 1. The third-order valence-corrected chi connectivity index (χ3v) is 5.65. The Morgan fingerprint density at radius 1 is 1.18 bits per heavy atom. The van der Waals surface area contributed by atoms with Crippen molar-refractivity contribution in [2.45, 2.75) is 30.8 Å². The Balaban J connectivity index is 2.13. The Labute approximate surface area is 188 Å². The van der Waals surface area contributed by atoms with E-state index in [-0.39, 0.29) is 18.1 Å². The molecule has 14 heteroatoms. The van der Waals surface area contributed by atoms with Gasteiger partial charge in [-0.1, -0.05) is 17.3 Å². The largest absolute Gasteiger partial charge is 0.534 e.